The molecule has 1 atom stereocenters. The minimum atomic E-state index is -1.12. The van der Waals surface area contributed by atoms with Gasteiger partial charge in [-0.25, -0.2) is 0 Å². The van der Waals surface area contributed by atoms with Gasteiger partial charge in [-0.1, -0.05) is 22.0 Å². The standard InChI is InChI=1S/C11H14BrNO3S/c12-9-2-1-3-10(8-9)13-11(15)4-6-17(16)7-5-14/h1-3,8,14H,4-7H2,(H,13,15). The Bertz CT molecular complexity index is 411. The van der Waals surface area contributed by atoms with Crippen LogP contribution in [0.4, 0.5) is 5.69 Å². The molecule has 94 valence electrons. The molecule has 0 saturated heterocycles. The summed E-state index contributed by atoms with van der Waals surface area (Å²) < 4.78 is 12.1. The molecule has 0 bridgehead atoms. The van der Waals surface area contributed by atoms with E-state index < -0.39 is 10.8 Å². The molecule has 0 aliphatic carbocycles. The van der Waals surface area contributed by atoms with E-state index in [1.165, 1.54) is 0 Å². The van der Waals surface area contributed by atoms with Gasteiger partial charge in [0.15, 0.2) is 0 Å². The van der Waals surface area contributed by atoms with Crippen molar-refractivity contribution < 1.29 is 14.1 Å². The average molecular weight is 320 g/mol. The van der Waals surface area contributed by atoms with Gasteiger partial charge in [0.2, 0.25) is 5.91 Å². The second kappa shape index (κ2) is 7.58. The number of hydrogen-bond donors (Lipinski definition) is 2. The van der Waals surface area contributed by atoms with Crippen LogP contribution in [-0.4, -0.2) is 33.3 Å². The highest BCUT2D eigenvalue weighted by atomic mass is 79.9. The van der Waals surface area contributed by atoms with Gasteiger partial charge in [0.05, 0.1) is 6.61 Å². The Labute approximate surface area is 111 Å². The van der Waals surface area contributed by atoms with Gasteiger partial charge < -0.3 is 10.4 Å². The summed E-state index contributed by atoms with van der Waals surface area (Å²) in [6, 6.07) is 7.27. The van der Waals surface area contributed by atoms with E-state index in [1.807, 2.05) is 12.1 Å². The van der Waals surface area contributed by atoms with Crippen molar-refractivity contribution in [2.45, 2.75) is 6.42 Å². The van der Waals surface area contributed by atoms with Gasteiger partial charge in [0.25, 0.3) is 0 Å². The van der Waals surface area contributed by atoms with E-state index in [0.29, 0.717) is 5.69 Å². The van der Waals surface area contributed by atoms with Crippen molar-refractivity contribution in [2.24, 2.45) is 0 Å². The van der Waals surface area contributed by atoms with Gasteiger partial charge in [-0.3, -0.25) is 9.00 Å². The number of rotatable bonds is 6. The number of carbonyl (C=O) groups is 1. The van der Waals surface area contributed by atoms with E-state index in [1.54, 1.807) is 12.1 Å². The van der Waals surface area contributed by atoms with Crippen molar-refractivity contribution in [2.75, 3.05) is 23.4 Å². The van der Waals surface area contributed by atoms with Crippen molar-refractivity contribution in [3.63, 3.8) is 0 Å². The van der Waals surface area contributed by atoms with Crippen LogP contribution in [0.3, 0.4) is 0 Å². The molecule has 1 aromatic carbocycles. The maximum Gasteiger partial charge on any atom is 0.225 e. The molecule has 1 amide bonds. The molecule has 0 fully saturated rings. The number of aliphatic hydroxyl groups excluding tert-OH is 1. The summed E-state index contributed by atoms with van der Waals surface area (Å²) in [6.45, 7) is -0.111. The molecule has 4 nitrogen and oxygen atoms in total. The molecule has 0 aromatic heterocycles. The van der Waals surface area contributed by atoms with Crippen molar-refractivity contribution in [1.29, 1.82) is 0 Å². The fraction of sp³-hybridized carbons (Fsp3) is 0.364. The molecule has 0 radical (unpaired) electrons. The topological polar surface area (TPSA) is 66.4 Å². The first-order chi connectivity index (χ1) is 8.11. The number of benzene rings is 1. The Morgan fingerprint density at radius 3 is 2.82 bits per heavy atom. The lowest BCUT2D eigenvalue weighted by molar-refractivity contribution is -0.115. The molecule has 0 aliphatic heterocycles. The molecule has 2 N–H and O–H groups in total. The van der Waals surface area contributed by atoms with E-state index in [0.717, 1.165) is 4.47 Å². The maximum atomic E-state index is 11.5. The van der Waals surface area contributed by atoms with Crippen molar-refractivity contribution in [3.8, 4) is 0 Å². The number of carbonyl (C=O) groups excluding carboxylic acids is 1. The summed E-state index contributed by atoms with van der Waals surface area (Å²) in [5.41, 5.74) is 0.706. The SMILES string of the molecule is O=C(CCS(=O)CCO)Nc1cccc(Br)c1. The summed E-state index contributed by atoms with van der Waals surface area (Å²) >= 11 is 3.31. The highest BCUT2D eigenvalue weighted by molar-refractivity contribution is 9.10. The minimum absolute atomic E-state index is 0.111. The normalized spacial score (nSPS) is 12.1. The van der Waals surface area contributed by atoms with Crippen LogP contribution < -0.4 is 5.32 Å². The molecular weight excluding hydrogens is 306 g/mol. The molecule has 0 aliphatic rings. The largest absolute Gasteiger partial charge is 0.395 e. The molecule has 0 spiro atoms. The Balaban J connectivity index is 2.37. The van der Waals surface area contributed by atoms with Gasteiger partial charge in [-0.2, -0.15) is 0 Å². The Morgan fingerprint density at radius 2 is 2.18 bits per heavy atom. The Hall–Kier alpha value is -0.720. The van der Waals surface area contributed by atoms with Gasteiger partial charge in [-0.15, -0.1) is 0 Å². The van der Waals surface area contributed by atoms with Crippen LogP contribution in [0.15, 0.2) is 28.7 Å². The fourth-order valence-electron chi connectivity index (χ4n) is 1.20. The van der Waals surface area contributed by atoms with E-state index >= 15 is 0 Å². The Kier molecular flexibility index (Phi) is 6.39. The predicted octanol–water partition coefficient (Wildman–Crippen LogP) is 1.52. The maximum absolute atomic E-state index is 11.5. The lowest BCUT2D eigenvalue weighted by Gasteiger charge is -2.05. The number of anilines is 1. The smallest absolute Gasteiger partial charge is 0.225 e. The predicted molar refractivity (Wildman–Crippen MR) is 72.4 cm³/mol. The highest BCUT2D eigenvalue weighted by Gasteiger charge is 2.05. The highest BCUT2D eigenvalue weighted by Crippen LogP contribution is 2.15. The first-order valence-electron chi connectivity index (χ1n) is 5.13. The zero-order valence-corrected chi connectivity index (χ0v) is 11.6. The minimum Gasteiger partial charge on any atom is -0.395 e. The van der Waals surface area contributed by atoms with Crippen LogP contribution >= 0.6 is 15.9 Å². The van der Waals surface area contributed by atoms with Crippen LogP contribution in [0.5, 0.6) is 0 Å². The summed E-state index contributed by atoms with van der Waals surface area (Å²) in [6.07, 6.45) is 0.194. The van der Waals surface area contributed by atoms with Crippen LogP contribution in [0.25, 0.3) is 0 Å². The van der Waals surface area contributed by atoms with Gasteiger partial charge in [0.1, 0.15) is 0 Å². The quantitative estimate of drug-likeness (QED) is 0.835. The summed E-state index contributed by atoms with van der Waals surface area (Å²) in [4.78, 5) is 11.5. The molecule has 1 rings (SSSR count). The zero-order valence-electron chi connectivity index (χ0n) is 9.19. The van der Waals surface area contributed by atoms with Crippen LogP contribution in [0, 0.1) is 0 Å². The van der Waals surface area contributed by atoms with Gasteiger partial charge in [-0.05, 0) is 18.2 Å². The fourth-order valence-corrected chi connectivity index (χ4v) is 2.42. The van der Waals surface area contributed by atoms with E-state index in [2.05, 4.69) is 21.2 Å². The third kappa shape index (κ3) is 5.95. The molecule has 0 saturated carbocycles. The van der Waals surface area contributed by atoms with Crippen LogP contribution in [0.2, 0.25) is 0 Å². The first-order valence-corrected chi connectivity index (χ1v) is 7.41. The van der Waals surface area contributed by atoms with Crippen molar-refractivity contribution >= 4 is 38.3 Å². The number of nitrogens with one attached hydrogen (secondary N) is 1. The van der Waals surface area contributed by atoms with Crippen LogP contribution in [-0.2, 0) is 15.6 Å². The molecule has 17 heavy (non-hydrogen) atoms. The molecule has 0 heterocycles. The molecule has 6 heteroatoms. The second-order valence-electron chi connectivity index (χ2n) is 3.38. The molecular formula is C11H14BrNO3S. The van der Waals surface area contributed by atoms with Crippen LogP contribution in [0.1, 0.15) is 6.42 Å². The second-order valence-corrected chi connectivity index (χ2v) is 5.99. The van der Waals surface area contributed by atoms with E-state index in [9.17, 15) is 9.00 Å². The third-order valence-corrected chi connectivity index (χ3v) is 3.77. The summed E-state index contributed by atoms with van der Waals surface area (Å²) in [5.74, 6) is 0.333. The molecule has 1 unspecified atom stereocenters. The summed E-state index contributed by atoms with van der Waals surface area (Å²) in [5, 5.41) is 11.3. The number of aliphatic hydroxyl groups is 1. The summed E-state index contributed by atoms with van der Waals surface area (Å²) in [7, 11) is -1.12. The number of hydrogen-bond acceptors (Lipinski definition) is 3. The average Bonchev–Trinajstić information content (AvgIpc) is 2.27. The Morgan fingerprint density at radius 1 is 1.41 bits per heavy atom. The zero-order chi connectivity index (χ0) is 12.7. The number of halogens is 1. The lowest BCUT2D eigenvalue weighted by Crippen LogP contribution is -2.16. The third-order valence-electron chi connectivity index (χ3n) is 1.98. The van der Waals surface area contributed by atoms with Gasteiger partial charge >= 0.3 is 0 Å². The van der Waals surface area contributed by atoms with E-state index in [-0.39, 0.29) is 30.4 Å². The number of amides is 1. The first kappa shape index (κ1) is 14.3. The molecule has 1 aromatic rings. The lowest BCUT2D eigenvalue weighted by atomic mass is 10.3. The van der Waals surface area contributed by atoms with Crippen molar-refractivity contribution in [1.82, 2.24) is 0 Å². The van der Waals surface area contributed by atoms with Crippen molar-refractivity contribution in [3.05, 3.63) is 28.7 Å². The monoisotopic (exact) mass is 319 g/mol. The van der Waals surface area contributed by atoms with Gasteiger partial charge in [0, 0.05) is 38.9 Å². The van der Waals surface area contributed by atoms with E-state index in [4.69, 9.17) is 5.11 Å².